The van der Waals surface area contributed by atoms with Crippen molar-refractivity contribution in [2.24, 2.45) is 11.5 Å². The van der Waals surface area contributed by atoms with Crippen LogP contribution < -0.4 is 70.6 Å². The SMILES string of the molecule is NCCN.O.O.[H-].[H-].[Na+].[Na+]. The van der Waals surface area contributed by atoms with Gasteiger partial charge in [-0.25, -0.2) is 0 Å². The number of hydrogen-bond acceptors (Lipinski definition) is 2. The Balaban J connectivity index is -0.00000000300. The van der Waals surface area contributed by atoms with E-state index in [2.05, 4.69) is 0 Å². The van der Waals surface area contributed by atoms with Crippen molar-refractivity contribution in [3.05, 3.63) is 0 Å². The number of hydrogen-bond donors (Lipinski definition) is 2. The Kier molecular flexibility index (Phi) is 151. The zero-order valence-corrected chi connectivity index (χ0v) is 9.57. The van der Waals surface area contributed by atoms with Crippen molar-refractivity contribution < 1.29 is 72.9 Å². The maximum absolute atomic E-state index is 4.90. The minimum atomic E-state index is 0. The molecule has 0 aromatic carbocycles. The van der Waals surface area contributed by atoms with Crippen LogP contribution in [0.2, 0.25) is 0 Å². The van der Waals surface area contributed by atoms with Gasteiger partial charge in [0.15, 0.2) is 0 Å². The average molecular weight is 144 g/mol. The maximum atomic E-state index is 4.90. The van der Waals surface area contributed by atoms with E-state index in [4.69, 9.17) is 11.5 Å². The average Bonchev–Trinajstić information content (AvgIpc) is 1.37. The fraction of sp³-hybridized carbons (Fsp3) is 1.00. The number of nitrogens with two attached hydrogens (primary N) is 2. The van der Waals surface area contributed by atoms with Crippen LogP contribution in [0.15, 0.2) is 0 Å². The molecule has 0 spiro atoms. The summed E-state index contributed by atoms with van der Waals surface area (Å²) in [5.41, 5.74) is 9.81. The topological polar surface area (TPSA) is 115 Å². The van der Waals surface area contributed by atoms with Crippen molar-refractivity contribution >= 4 is 0 Å². The summed E-state index contributed by atoms with van der Waals surface area (Å²) in [6, 6.07) is 0. The third-order valence-electron chi connectivity index (χ3n) is 0.167. The van der Waals surface area contributed by atoms with Crippen LogP contribution in [-0.2, 0) is 0 Å². The van der Waals surface area contributed by atoms with Gasteiger partial charge >= 0.3 is 59.1 Å². The molecule has 0 radical (unpaired) electrons. The van der Waals surface area contributed by atoms with Crippen molar-refractivity contribution in [1.82, 2.24) is 0 Å². The molecular formula is C2H14N2Na2O2. The molecule has 0 amide bonds. The summed E-state index contributed by atoms with van der Waals surface area (Å²) in [5.74, 6) is 0. The van der Waals surface area contributed by atoms with Gasteiger partial charge in [0.25, 0.3) is 0 Å². The van der Waals surface area contributed by atoms with Crippen LogP contribution in [0.4, 0.5) is 0 Å². The van der Waals surface area contributed by atoms with Crippen LogP contribution in [0.25, 0.3) is 0 Å². The Bertz CT molecular complexity index is 25.2. The molecule has 8 N–H and O–H groups in total. The molecule has 4 nitrogen and oxygen atoms in total. The van der Waals surface area contributed by atoms with E-state index in [1.807, 2.05) is 0 Å². The van der Waals surface area contributed by atoms with Crippen LogP contribution in [0.5, 0.6) is 0 Å². The molecule has 0 fully saturated rings. The molecule has 0 rings (SSSR count). The summed E-state index contributed by atoms with van der Waals surface area (Å²) in [5, 5.41) is 0. The molecule has 0 aliphatic heterocycles. The standard InChI is InChI=1S/C2H8N2.2Na.2H2O.2H/c3-1-2-4;;;;;;/h1-4H2;;;2*1H2;;/q;2*+1;;;2*-1. The molecule has 0 aromatic heterocycles. The monoisotopic (exact) mass is 144 g/mol. The molecular weight excluding hydrogens is 130 g/mol. The van der Waals surface area contributed by atoms with Gasteiger partial charge in [0, 0.05) is 13.1 Å². The molecule has 0 saturated heterocycles. The molecule has 0 aromatic rings. The Morgan fingerprint density at radius 3 is 1.00 bits per heavy atom. The van der Waals surface area contributed by atoms with Crippen LogP contribution in [-0.4, -0.2) is 24.0 Å². The predicted molar refractivity (Wildman–Crippen MR) is 27.6 cm³/mol. The second kappa shape index (κ2) is 36.8. The second-order valence-electron chi connectivity index (χ2n) is 0.577. The van der Waals surface area contributed by atoms with E-state index in [0.717, 1.165) is 0 Å². The minimum Gasteiger partial charge on any atom is -1.00 e. The predicted octanol–water partition coefficient (Wildman–Crippen LogP) is -8.51. The van der Waals surface area contributed by atoms with Crippen molar-refractivity contribution in [2.45, 2.75) is 0 Å². The molecule has 0 aliphatic carbocycles. The second-order valence-corrected chi connectivity index (χ2v) is 0.577. The van der Waals surface area contributed by atoms with E-state index in [-0.39, 0.29) is 72.9 Å². The van der Waals surface area contributed by atoms with Gasteiger partial charge in [-0.15, -0.1) is 0 Å². The Morgan fingerprint density at radius 1 is 0.875 bits per heavy atom. The van der Waals surface area contributed by atoms with E-state index in [1.54, 1.807) is 0 Å². The molecule has 8 heavy (non-hydrogen) atoms. The van der Waals surface area contributed by atoms with Crippen LogP contribution in [0.3, 0.4) is 0 Å². The summed E-state index contributed by atoms with van der Waals surface area (Å²) >= 11 is 0. The van der Waals surface area contributed by atoms with Gasteiger partial charge in [0.1, 0.15) is 0 Å². The molecule has 0 unspecified atom stereocenters. The van der Waals surface area contributed by atoms with Crippen molar-refractivity contribution in [2.75, 3.05) is 13.1 Å². The molecule has 0 atom stereocenters. The van der Waals surface area contributed by atoms with Gasteiger partial charge in [-0.2, -0.15) is 0 Å². The van der Waals surface area contributed by atoms with Crippen molar-refractivity contribution in [3.8, 4) is 0 Å². The van der Waals surface area contributed by atoms with E-state index < -0.39 is 0 Å². The van der Waals surface area contributed by atoms with Gasteiger partial charge in [-0.3, -0.25) is 0 Å². The van der Waals surface area contributed by atoms with E-state index in [1.165, 1.54) is 0 Å². The summed E-state index contributed by atoms with van der Waals surface area (Å²) in [7, 11) is 0. The van der Waals surface area contributed by atoms with E-state index in [9.17, 15) is 0 Å². The number of rotatable bonds is 1. The fourth-order valence-corrected chi connectivity index (χ4v) is 0. The Hall–Kier alpha value is 1.84. The molecule has 0 saturated carbocycles. The normalized spacial score (nSPS) is 3.75. The van der Waals surface area contributed by atoms with Gasteiger partial charge < -0.3 is 25.3 Å². The van der Waals surface area contributed by atoms with Gasteiger partial charge in [-0.05, 0) is 0 Å². The van der Waals surface area contributed by atoms with Gasteiger partial charge in [0.2, 0.25) is 0 Å². The molecule has 6 heteroatoms. The summed E-state index contributed by atoms with van der Waals surface area (Å²) in [6.07, 6.45) is 0. The smallest absolute Gasteiger partial charge is 1.00 e. The first-order valence-electron chi connectivity index (χ1n) is 1.32. The third-order valence-corrected chi connectivity index (χ3v) is 0.167. The Morgan fingerprint density at radius 2 is 1.00 bits per heavy atom. The summed E-state index contributed by atoms with van der Waals surface area (Å²) in [6.45, 7) is 1.19. The van der Waals surface area contributed by atoms with Crippen molar-refractivity contribution in [3.63, 3.8) is 0 Å². The third kappa shape index (κ3) is 45.5. The van der Waals surface area contributed by atoms with Gasteiger partial charge in [0.05, 0.1) is 0 Å². The van der Waals surface area contributed by atoms with E-state index >= 15 is 0 Å². The van der Waals surface area contributed by atoms with Gasteiger partial charge in [-0.1, -0.05) is 0 Å². The first-order chi connectivity index (χ1) is 1.91. The minimum absolute atomic E-state index is 0. The molecule has 46 valence electrons. The first kappa shape index (κ1) is 32.8. The zero-order valence-electron chi connectivity index (χ0n) is 7.57. The maximum Gasteiger partial charge on any atom is 1.00 e. The Labute approximate surface area is 96.5 Å². The summed E-state index contributed by atoms with van der Waals surface area (Å²) in [4.78, 5) is 0. The zero-order chi connectivity index (χ0) is 3.41. The van der Waals surface area contributed by atoms with Crippen molar-refractivity contribution in [1.29, 1.82) is 0 Å². The fourth-order valence-electron chi connectivity index (χ4n) is 0. The quantitative estimate of drug-likeness (QED) is 0.356. The first-order valence-corrected chi connectivity index (χ1v) is 1.32. The summed E-state index contributed by atoms with van der Waals surface area (Å²) < 4.78 is 0. The molecule has 0 heterocycles. The van der Waals surface area contributed by atoms with E-state index in [0.29, 0.717) is 13.1 Å². The molecule has 0 bridgehead atoms. The van der Waals surface area contributed by atoms with Crippen LogP contribution in [0, 0.1) is 0 Å². The molecule has 0 aliphatic rings. The van der Waals surface area contributed by atoms with Crippen LogP contribution >= 0.6 is 0 Å². The van der Waals surface area contributed by atoms with Crippen LogP contribution in [0.1, 0.15) is 2.85 Å². The largest absolute Gasteiger partial charge is 1.00 e.